The summed E-state index contributed by atoms with van der Waals surface area (Å²) in [6.07, 6.45) is -2.08. The normalized spacial score (nSPS) is 23.2. The van der Waals surface area contributed by atoms with Crippen molar-refractivity contribution in [3.8, 4) is 0 Å². The number of nitrogens with two attached hydrogens (primary N) is 1. The Kier molecular flexibility index (Phi) is 4.39. The van der Waals surface area contributed by atoms with Gasteiger partial charge in [0.2, 0.25) is 5.91 Å². The van der Waals surface area contributed by atoms with Gasteiger partial charge in [-0.2, -0.15) is 0 Å². The fraction of sp³-hybridized carbons (Fsp3) is 0.500. The summed E-state index contributed by atoms with van der Waals surface area (Å²) in [4.78, 5) is 39.4. The maximum absolute atomic E-state index is 12.7. The van der Waals surface area contributed by atoms with E-state index in [1.54, 1.807) is 39.0 Å². The highest BCUT2D eigenvalue weighted by Crippen LogP contribution is 2.33. The molecule has 8 nitrogen and oxygen atoms in total. The molecule has 0 spiro atoms. The van der Waals surface area contributed by atoms with Crippen molar-refractivity contribution < 1.29 is 24.2 Å². The number of nitrogens with zero attached hydrogens (tertiary/aromatic N) is 2. The van der Waals surface area contributed by atoms with E-state index in [1.165, 1.54) is 4.90 Å². The van der Waals surface area contributed by atoms with Crippen LogP contribution in [-0.4, -0.2) is 50.7 Å². The van der Waals surface area contributed by atoms with Crippen molar-refractivity contribution in [3.63, 3.8) is 0 Å². The Hall–Kier alpha value is -2.61. The second-order valence-electron chi connectivity index (χ2n) is 7.57. The van der Waals surface area contributed by atoms with Crippen LogP contribution in [0.1, 0.15) is 49.5 Å². The Morgan fingerprint density at radius 3 is 2.62 bits per heavy atom. The van der Waals surface area contributed by atoms with E-state index < -0.39 is 29.9 Å². The molecular weight excluding hydrogens is 338 g/mol. The molecule has 0 aromatic heterocycles. The van der Waals surface area contributed by atoms with Crippen molar-refractivity contribution in [3.05, 3.63) is 29.3 Å². The summed E-state index contributed by atoms with van der Waals surface area (Å²) >= 11 is 0. The smallest absolute Gasteiger partial charge is 0.419 e. The third kappa shape index (κ3) is 3.12. The number of likely N-dealkylation sites (tertiary alicyclic amines) is 1. The largest absolute Gasteiger partial charge is 0.443 e. The number of rotatable bonds is 1. The number of anilines is 1. The number of aliphatic hydroxyl groups excluding tert-OH is 1. The Morgan fingerprint density at radius 2 is 2.00 bits per heavy atom. The molecule has 2 heterocycles. The van der Waals surface area contributed by atoms with Gasteiger partial charge in [-0.05, 0) is 39.3 Å². The van der Waals surface area contributed by atoms with E-state index in [-0.39, 0.29) is 25.3 Å². The van der Waals surface area contributed by atoms with Crippen molar-refractivity contribution >= 4 is 23.6 Å². The maximum atomic E-state index is 12.7. The summed E-state index contributed by atoms with van der Waals surface area (Å²) in [6.45, 7) is 5.25. The maximum Gasteiger partial charge on any atom is 0.419 e. The first-order valence-electron chi connectivity index (χ1n) is 8.51. The van der Waals surface area contributed by atoms with E-state index in [9.17, 15) is 19.5 Å². The summed E-state index contributed by atoms with van der Waals surface area (Å²) in [5.74, 6) is -0.790. The Bertz CT molecular complexity index is 771. The second kappa shape index (κ2) is 6.28. The van der Waals surface area contributed by atoms with E-state index in [0.29, 0.717) is 21.7 Å². The van der Waals surface area contributed by atoms with Crippen molar-refractivity contribution in [1.29, 1.82) is 0 Å². The average Bonchev–Trinajstić information content (AvgIpc) is 2.84. The molecule has 1 aromatic rings. The van der Waals surface area contributed by atoms with Crippen LogP contribution in [0.15, 0.2) is 18.2 Å². The van der Waals surface area contributed by atoms with Crippen molar-refractivity contribution in [2.75, 3.05) is 5.73 Å². The molecule has 0 bridgehead atoms. The van der Waals surface area contributed by atoms with Crippen LogP contribution in [-0.2, 0) is 16.1 Å². The van der Waals surface area contributed by atoms with Crippen LogP contribution in [0.5, 0.6) is 0 Å². The molecule has 1 saturated heterocycles. The molecule has 2 aliphatic rings. The zero-order valence-electron chi connectivity index (χ0n) is 15.1. The van der Waals surface area contributed by atoms with Gasteiger partial charge in [-0.1, -0.05) is 6.07 Å². The van der Waals surface area contributed by atoms with Gasteiger partial charge < -0.3 is 20.5 Å². The molecule has 3 amide bonds. The molecule has 2 atom stereocenters. The molecule has 0 saturated carbocycles. The highest BCUT2D eigenvalue weighted by atomic mass is 16.6. The molecule has 0 radical (unpaired) electrons. The Balaban J connectivity index is 1.84. The number of nitrogen functional groups attached to an aromatic ring is 1. The number of hydrogen-bond donors (Lipinski definition) is 2. The predicted octanol–water partition coefficient (Wildman–Crippen LogP) is 1.47. The van der Waals surface area contributed by atoms with E-state index in [1.807, 2.05) is 0 Å². The van der Waals surface area contributed by atoms with Gasteiger partial charge in [-0.25, -0.2) is 9.69 Å². The molecule has 140 valence electrons. The lowest BCUT2D eigenvalue weighted by Gasteiger charge is -2.40. The predicted molar refractivity (Wildman–Crippen MR) is 92.8 cm³/mol. The zero-order chi connectivity index (χ0) is 19.2. The minimum Gasteiger partial charge on any atom is -0.443 e. The lowest BCUT2D eigenvalue weighted by molar-refractivity contribution is -0.151. The minimum atomic E-state index is -1.47. The van der Waals surface area contributed by atoms with Crippen LogP contribution in [0.4, 0.5) is 10.5 Å². The number of carbonyl (C=O) groups is 3. The fourth-order valence-corrected chi connectivity index (χ4v) is 3.34. The Labute approximate surface area is 151 Å². The van der Waals surface area contributed by atoms with E-state index >= 15 is 0 Å². The standard InChI is InChI=1S/C18H23N3O5/c1-18(2,3)26-17(25)21-14(22)8-7-13(16(21)24)20-9-11-10(15(20)23)5-4-6-12(11)19/h4-6,13,16,24H,7-9,19H2,1-3H3. The Morgan fingerprint density at radius 1 is 1.31 bits per heavy atom. The first-order chi connectivity index (χ1) is 12.1. The molecule has 1 fully saturated rings. The van der Waals surface area contributed by atoms with Gasteiger partial charge in [0.05, 0.1) is 6.04 Å². The zero-order valence-corrected chi connectivity index (χ0v) is 15.1. The third-order valence-electron chi connectivity index (χ3n) is 4.55. The van der Waals surface area contributed by atoms with Gasteiger partial charge >= 0.3 is 6.09 Å². The van der Waals surface area contributed by atoms with Crippen LogP contribution < -0.4 is 5.73 Å². The van der Waals surface area contributed by atoms with Crippen molar-refractivity contribution in [2.24, 2.45) is 0 Å². The number of fused-ring (bicyclic) bond motifs is 1. The van der Waals surface area contributed by atoms with Crippen LogP contribution in [0.3, 0.4) is 0 Å². The number of hydrogen-bond acceptors (Lipinski definition) is 6. The summed E-state index contributed by atoms with van der Waals surface area (Å²) < 4.78 is 5.22. The second-order valence-corrected chi connectivity index (χ2v) is 7.57. The van der Waals surface area contributed by atoms with Gasteiger partial charge in [0.25, 0.3) is 5.91 Å². The van der Waals surface area contributed by atoms with Gasteiger partial charge in [0.15, 0.2) is 6.23 Å². The lowest BCUT2D eigenvalue weighted by Crippen LogP contribution is -2.59. The minimum absolute atomic E-state index is 0.0383. The number of imide groups is 1. The molecule has 2 unspecified atom stereocenters. The number of piperidine rings is 1. The summed E-state index contributed by atoms with van der Waals surface area (Å²) in [6, 6.07) is 4.38. The molecule has 3 N–H and O–H groups in total. The first-order valence-corrected chi connectivity index (χ1v) is 8.51. The molecule has 0 aliphatic carbocycles. The number of amides is 3. The van der Waals surface area contributed by atoms with Crippen LogP contribution in [0.25, 0.3) is 0 Å². The first kappa shape index (κ1) is 18.2. The van der Waals surface area contributed by atoms with E-state index in [4.69, 9.17) is 10.5 Å². The molecular formula is C18H23N3O5. The fourth-order valence-electron chi connectivity index (χ4n) is 3.34. The van der Waals surface area contributed by atoms with Crippen molar-refractivity contribution in [1.82, 2.24) is 9.80 Å². The average molecular weight is 361 g/mol. The highest BCUT2D eigenvalue weighted by molar-refractivity contribution is 6.00. The summed E-state index contributed by atoms with van der Waals surface area (Å²) in [7, 11) is 0. The highest BCUT2D eigenvalue weighted by Gasteiger charge is 2.46. The van der Waals surface area contributed by atoms with Crippen LogP contribution >= 0.6 is 0 Å². The molecule has 26 heavy (non-hydrogen) atoms. The molecule has 1 aromatic carbocycles. The van der Waals surface area contributed by atoms with Gasteiger partial charge in [-0.3, -0.25) is 9.59 Å². The van der Waals surface area contributed by atoms with Gasteiger partial charge in [0.1, 0.15) is 5.60 Å². The number of benzene rings is 1. The molecule has 3 rings (SSSR count). The third-order valence-corrected chi connectivity index (χ3v) is 4.55. The topological polar surface area (TPSA) is 113 Å². The monoisotopic (exact) mass is 361 g/mol. The molecule has 8 heteroatoms. The summed E-state index contributed by atoms with van der Waals surface area (Å²) in [5.41, 5.74) is 6.83. The van der Waals surface area contributed by atoms with Crippen LogP contribution in [0, 0.1) is 0 Å². The SMILES string of the molecule is CC(C)(C)OC(=O)N1C(=O)CCC(N2Cc3c(N)cccc3C2=O)C1O. The van der Waals surface area contributed by atoms with E-state index in [0.717, 1.165) is 0 Å². The van der Waals surface area contributed by atoms with Gasteiger partial charge in [-0.15, -0.1) is 0 Å². The lowest BCUT2D eigenvalue weighted by atomic mass is 10.0. The van der Waals surface area contributed by atoms with Gasteiger partial charge in [0, 0.05) is 29.8 Å². The number of aliphatic hydroxyl groups is 1. The number of carbonyl (C=O) groups excluding carboxylic acids is 3. The van der Waals surface area contributed by atoms with E-state index in [2.05, 4.69) is 0 Å². The molecule has 2 aliphatic heterocycles. The quantitative estimate of drug-likeness (QED) is 0.732. The summed E-state index contributed by atoms with van der Waals surface area (Å²) in [5, 5.41) is 10.7. The number of ether oxygens (including phenoxy) is 1. The van der Waals surface area contributed by atoms with Crippen LogP contribution in [0.2, 0.25) is 0 Å². The van der Waals surface area contributed by atoms with Crippen molar-refractivity contribution in [2.45, 2.75) is 58.0 Å².